The van der Waals surface area contributed by atoms with Gasteiger partial charge in [0.15, 0.2) is 0 Å². The zero-order chi connectivity index (χ0) is 17.7. The number of carbonyl (C=O) groups excluding carboxylic acids is 2. The fourth-order valence-corrected chi connectivity index (χ4v) is 2.69. The molecule has 0 aliphatic heterocycles. The number of nitrogens with zero attached hydrogens (tertiary/aromatic N) is 2. The standard InChI is InChI=1S/C17H22N4O2S/c1-5-16(22)19-13-7-6-11(2)15(8-13)20-17(23)21(4)9-14-10-24-12(3)18-14/h6-8,10H,5,9H2,1-4H3,(H,19,22)(H,20,23). The third-order valence-corrected chi connectivity index (χ3v) is 4.32. The second-order valence-electron chi connectivity index (χ2n) is 5.58. The Bertz CT molecular complexity index is 742. The Balaban J connectivity index is 2.04. The molecule has 0 atom stereocenters. The monoisotopic (exact) mass is 346 g/mol. The molecule has 0 bridgehead atoms. The molecule has 0 aliphatic carbocycles. The first kappa shape index (κ1) is 17.9. The van der Waals surface area contributed by atoms with E-state index in [9.17, 15) is 9.59 Å². The predicted octanol–water partition coefficient (Wildman–Crippen LogP) is 3.77. The van der Waals surface area contributed by atoms with Crippen molar-refractivity contribution in [1.29, 1.82) is 0 Å². The smallest absolute Gasteiger partial charge is 0.321 e. The Labute approximate surface area is 145 Å². The SMILES string of the molecule is CCC(=O)Nc1ccc(C)c(NC(=O)N(C)Cc2csc(C)n2)c1. The highest BCUT2D eigenvalue weighted by Crippen LogP contribution is 2.21. The van der Waals surface area contributed by atoms with Crippen LogP contribution in [0.4, 0.5) is 16.2 Å². The van der Waals surface area contributed by atoms with Crippen LogP contribution in [0.1, 0.15) is 29.6 Å². The molecular weight excluding hydrogens is 324 g/mol. The Morgan fingerprint density at radius 1 is 1.25 bits per heavy atom. The fraction of sp³-hybridized carbons (Fsp3) is 0.353. The number of amides is 3. The topological polar surface area (TPSA) is 74.3 Å². The van der Waals surface area contributed by atoms with Crippen molar-refractivity contribution in [2.45, 2.75) is 33.7 Å². The van der Waals surface area contributed by atoms with E-state index in [4.69, 9.17) is 0 Å². The minimum absolute atomic E-state index is 0.0628. The Hall–Kier alpha value is -2.41. The summed E-state index contributed by atoms with van der Waals surface area (Å²) in [7, 11) is 1.72. The zero-order valence-corrected chi connectivity index (χ0v) is 15.2. The van der Waals surface area contributed by atoms with Gasteiger partial charge in [0, 0.05) is 30.2 Å². The van der Waals surface area contributed by atoms with Gasteiger partial charge in [-0.1, -0.05) is 13.0 Å². The number of urea groups is 1. The number of hydrogen-bond donors (Lipinski definition) is 2. The number of anilines is 2. The molecule has 2 N–H and O–H groups in total. The highest BCUT2D eigenvalue weighted by atomic mass is 32.1. The van der Waals surface area contributed by atoms with E-state index in [-0.39, 0.29) is 11.9 Å². The van der Waals surface area contributed by atoms with Gasteiger partial charge in [0.25, 0.3) is 0 Å². The van der Waals surface area contributed by atoms with Crippen LogP contribution in [0.15, 0.2) is 23.6 Å². The molecule has 0 spiro atoms. The van der Waals surface area contributed by atoms with E-state index in [0.717, 1.165) is 16.3 Å². The van der Waals surface area contributed by atoms with Gasteiger partial charge in [-0.25, -0.2) is 9.78 Å². The molecule has 1 aromatic carbocycles. The minimum Gasteiger partial charge on any atom is -0.326 e. The largest absolute Gasteiger partial charge is 0.326 e. The molecule has 2 aromatic rings. The average molecular weight is 346 g/mol. The molecule has 2 rings (SSSR count). The number of benzene rings is 1. The summed E-state index contributed by atoms with van der Waals surface area (Å²) in [6, 6.07) is 5.23. The van der Waals surface area contributed by atoms with Crippen LogP contribution >= 0.6 is 11.3 Å². The third kappa shape index (κ3) is 4.79. The van der Waals surface area contributed by atoms with E-state index in [0.29, 0.717) is 24.3 Å². The number of hydrogen-bond acceptors (Lipinski definition) is 4. The maximum Gasteiger partial charge on any atom is 0.321 e. The first-order valence-corrected chi connectivity index (χ1v) is 8.60. The third-order valence-electron chi connectivity index (χ3n) is 3.50. The summed E-state index contributed by atoms with van der Waals surface area (Å²) in [5.41, 5.74) is 3.14. The summed E-state index contributed by atoms with van der Waals surface area (Å²) < 4.78 is 0. The summed E-state index contributed by atoms with van der Waals surface area (Å²) >= 11 is 1.56. The van der Waals surface area contributed by atoms with Gasteiger partial charge in [-0.3, -0.25) is 4.79 Å². The van der Waals surface area contributed by atoms with Crippen LogP contribution in [-0.2, 0) is 11.3 Å². The lowest BCUT2D eigenvalue weighted by Gasteiger charge is -2.18. The molecule has 24 heavy (non-hydrogen) atoms. The van der Waals surface area contributed by atoms with E-state index in [1.807, 2.05) is 31.4 Å². The number of thiazole rings is 1. The van der Waals surface area contributed by atoms with Crippen LogP contribution < -0.4 is 10.6 Å². The van der Waals surface area contributed by atoms with Crippen molar-refractivity contribution in [3.63, 3.8) is 0 Å². The Morgan fingerprint density at radius 3 is 2.62 bits per heavy atom. The Kier molecular flexibility index (Phi) is 5.92. The van der Waals surface area contributed by atoms with Crippen molar-refractivity contribution in [2.24, 2.45) is 0 Å². The average Bonchev–Trinajstić information content (AvgIpc) is 2.95. The molecule has 3 amide bonds. The van der Waals surface area contributed by atoms with Gasteiger partial charge < -0.3 is 15.5 Å². The summed E-state index contributed by atoms with van der Waals surface area (Å²) in [5, 5.41) is 8.60. The Morgan fingerprint density at radius 2 is 2.00 bits per heavy atom. The lowest BCUT2D eigenvalue weighted by Crippen LogP contribution is -2.31. The van der Waals surface area contributed by atoms with E-state index >= 15 is 0 Å². The number of nitrogens with one attached hydrogen (secondary N) is 2. The van der Waals surface area contributed by atoms with E-state index in [1.54, 1.807) is 36.3 Å². The maximum atomic E-state index is 12.4. The second-order valence-corrected chi connectivity index (χ2v) is 6.64. The van der Waals surface area contributed by atoms with E-state index in [2.05, 4.69) is 15.6 Å². The van der Waals surface area contributed by atoms with Crippen molar-refractivity contribution >= 4 is 34.6 Å². The first-order chi connectivity index (χ1) is 11.4. The van der Waals surface area contributed by atoms with Gasteiger partial charge in [-0.15, -0.1) is 11.3 Å². The molecule has 7 heteroatoms. The van der Waals surface area contributed by atoms with Crippen molar-refractivity contribution in [1.82, 2.24) is 9.88 Å². The molecule has 0 unspecified atom stereocenters. The summed E-state index contributed by atoms with van der Waals surface area (Å²) in [5.74, 6) is -0.0628. The van der Waals surface area contributed by atoms with Crippen molar-refractivity contribution in [3.8, 4) is 0 Å². The lowest BCUT2D eigenvalue weighted by atomic mass is 10.1. The quantitative estimate of drug-likeness (QED) is 0.865. The van der Waals surface area contributed by atoms with Crippen LogP contribution in [0.25, 0.3) is 0 Å². The summed E-state index contributed by atoms with van der Waals surface area (Å²) in [6.07, 6.45) is 0.408. The number of aryl methyl sites for hydroxylation is 2. The van der Waals surface area contributed by atoms with Crippen molar-refractivity contribution in [3.05, 3.63) is 39.8 Å². The van der Waals surface area contributed by atoms with Gasteiger partial charge in [0.05, 0.1) is 17.2 Å². The molecule has 0 radical (unpaired) electrons. The number of aromatic nitrogens is 1. The van der Waals surface area contributed by atoms with E-state index < -0.39 is 0 Å². The van der Waals surface area contributed by atoms with Crippen LogP contribution in [0, 0.1) is 13.8 Å². The highest BCUT2D eigenvalue weighted by Gasteiger charge is 2.13. The lowest BCUT2D eigenvalue weighted by molar-refractivity contribution is -0.115. The maximum absolute atomic E-state index is 12.4. The van der Waals surface area contributed by atoms with Gasteiger partial charge in [0.1, 0.15) is 0 Å². The van der Waals surface area contributed by atoms with Crippen LogP contribution in [-0.4, -0.2) is 28.9 Å². The fourth-order valence-electron chi connectivity index (χ4n) is 2.09. The van der Waals surface area contributed by atoms with Crippen LogP contribution in [0.5, 0.6) is 0 Å². The molecule has 0 aliphatic rings. The van der Waals surface area contributed by atoms with Crippen LogP contribution in [0.2, 0.25) is 0 Å². The molecule has 1 aromatic heterocycles. The molecule has 128 valence electrons. The molecular formula is C17H22N4O2S. The first-order valence-electron chi connectivity index (χ1n) is 7.72. The van der Waals surface area contributed by atoms with Gasteiger partial charge in [-0.05, 0) is 31.5 Å². The zero-order valence-electron chi connectivity index (χ0n) is 14.3. The van der Waals surface area contributed by atoms with E-state index in [1.165, 1.54) is 0 Å². The normalized spacial score (nSPS) is 10.3. The van der Waals surface area contributed by atoms with Crippen LogP contribution in [0.3, 0.4) is 0 Å². The molecule has 0 fully saturated rings. The summed E-state index contributed by atoms with van der Waals surface area (Å²) in [4.78, 5) is 29.8. The van der Waals surface area contributed by atoms with Gasteiger partial charge in [0.2, 0.25) is 5.91 Å². The highest BCUT2D eigenvalue weighted by molar-refractivity contribution is 7.09. The molecule has 6 nitrogen and oxygen atoms in total. The van der Waals surface area contributed by atoms with Crippen molar-refractivity contribution < 1.29 is 9.59 Å². The number of rotatable bonds is 5. The van der Waals surface area contributed by atoms with Gasteiger partial charge >= 0.3 is 6.03 Å². The predicted molar refractivity (Wildman–Crippen MR) is 97.4 cm³/mol. The minimum atomic E-state index is -0.220. The molecule has 0 saturated heterocycles. The molecule has 0 saturated carbocycles. The van der Waals surface area contributed by atoms with Crippen molar-refractivity contribution in [2.75, 3.05) is 17.7 Å². The molecule has 1 heterocycles. The second kappa shape index (κ2) is 7.92. The number of carbonyl (C=O) groups is 2. The summed E-state index contributed by atoms with van der Waals surface area (Å²) in [6.45, 7) is 6.08. The van der Waals surface area contributed by atoms with Gasteiger partial charge in [-0.2, -0.15) is 0 Å².